The maximum absolute atomic E-state index is 9.50. The van der Waals surface area contributed by atoms with Crippen LogP contribution in [0.15, 0.2) is 24.3 Å². The molecule has 106 valence electrons. The molecule has 1 aromatic rings. The van der Waals surface area contributed by atoms with Crippen molar-refractivity contribution >= 4 is 13.3 Å². The number of aliphatic hydroxyl groups is 1. The molecule has 2 N–H and O–H groups in total. The molecule has 1 fully saturated rings. The Bertz CT molecular complexity index is 396. The smallest absolute Gasteiger partial charge is 0.0775 e. The van der Waals surface area contributed by atoms with Gasteiger partial charge < -0.3 is 10.4 Å². The number of nitrogens with one attached hydrogen (secondary N) is 1. The predicted molar refractivity (Wildman–Crippen MR) is 84.5 cm³/mol. The van der Waals surface area contributed by atoms with Gasteiger partial charge >= 0.3 is 0 Å². The quantitative estimate of drug-likeness (QED) is 0.811. The Morgan fingerprint density at radius 1 is 1.16 bits per heavy atom. The van der Waals surface area contributed by atoms with Crippen molar-refractivity contribution in [1.82, 2.24) is 5.32 Å². The lowest BCUT2D eigenvalue weighted by molar-refractivity contribution is 0.177. The van der Waals surface area contributed by atoms with Gasteiger partial charge in [-0.1, -0.05) is 49.1 Å². The highest BCUT2D eigenvalue weighted by Gasteiger charge is 2.22. The molecule has 3 heteroatoms. The first-order chi connectivity index (χ1) is 8.95. The Hall–Kier alpha value is -0.643. The van der Waals surface area contributed by atoms with E-state index in [-0.39, 0.29) is 6.10 Å². The van der Waals surface area contributed by atoms with Crippen LogP contribution in [0, 0.1) is 5.92 Å². The molecular weight excluding hydrogens is 250 g/mol. The Labute approximate surface area is 118 Å². The van der Waals surface area contributed by atoms with Gasteiger partial charge in [0.15, 0.2) is 0 Å². The van der Waals surface area contributed by atoms with Gasteiger partial charge in [0.25, 0.3) is 0 Å². The van der Waals surface area contributed by atoms with Gasteiger partial charge in [0.1, 0.15) is 0 Å². The fourth-order valence-corrected chi connectivity index (χ4v) is 3.94. The molecule has 1 aliphatic rings. The minimum absolute atomic E-state index is 0.0529. The number of aliphatic hydroxyl groups excluding tert-OH is 1. The first kappa shape index (κ1) is 14.8. The summed E-state index contributed by atoms with van der Waals surface area (Å²) >= 11 is 0. The third kappa shape index (κ3) is 4.44. The van der Waals surface area contributed by atoms with Crippen LogP contribution in [0.3, 0.4) is 0 Å². The molecule has 0 saturated heterocycles. The summed E-state index contributed by atoms with van der Waals surface area (Å²) in [6.45, 7) is 9.12. The summed E-state index contributed by atoms with van der Waals surface area (Å²) in [5, 5.41) is 14.5. The molecule has 0 amide bonds. The van der Waals surface area contributed by atoms with Crippen LogP contribution in [0.1, 0.15) is 24.8 Å². The standard InChI is InChI=1S/C16H27NOSi/c1-19(2,3)16-8-5-13(6-9-16)11-17-12-14-4-7-15(18)10-14/h5-6,8-9,14-15,17-18H,4,7,10-12H2,1-3H3. The molecule has 2 rings (SSSR count). The summed E-state index contributed by atoms with van der Waals surface area (Å²) < 4.78 is 0. The fraction of sp³-hybridized carbons (Fsp3) is 0.625. The highest BCUT2D eigenvalue weighted by molar-refractivity contribution is 6.88. The predicted octanol–water partition coefficient (Wildman–Crippen LogP) is 2.48. The van der Waals surface area contributed by atoms with Gasteiger partial charge in [0, 0.05) is 6.54 Å². The van der Waals surface area contributed by atoms with E-state index in [1.807, 2.05) is 0 Å². The second-order valence-electron chi connectivity index (χ2n) is 6.91. The molecule has 2 atom stereocenters. The largest absolute Gasteiger partial charge is 0.393 e. The van der Waals surface area contributed by atoms with E-state index in [0.717, 1.165) is 25.9 Å². The number of benzene rings is 1. The van der Waals surface area contributed by atoms with Crippen LogP contribution in [0.5, 0.6) is 0 Å². The minimum atomic E-state index is -1.16. The van der Waals surface area contributed by atoms with E-state index >= 15 is 0 Å². The van der Waals surface area contributed by atoms with Crippen LogP contribution in [-0.2, 0) is 6.54 Å². The van der Waals surface area contributed by atoms with E-state index in [2.05, 4.69) is 49.2 Å². The normalized spacial score (nSPS) is 23.8. The van der Waals surface area contributed by atoms with E-state index in [9.17, 15) is 5.11 Å². The van der Waals surface area contributed by atoms with Crippen molar-refractivity contribution in [3.63, 3.8) is 0 Å². The van der Waals surface area contributed by atoms with Crippen LogP contribution < -0.4 is 10.5 Å². The molecule has 0 aromatic heterocycles. The molecule has 0 bridgehead atoms. The molecule has 0 aliphatic heterocycles. The second-order valence-corrected chi connectivity index (χ2v) is 12.0. The highest BCUT2D eigenvalue weighted by Crippen LogP contribution is 2.24. The Morgan fingerprint density at radius 2 is 1.84 bits per heavy atom. The summed E-state index contributed by atoms with van der Waals surface area (Å²) in [6, 6.07) is 9.10. The zero-order valence-electron chi connectivity index (χ0n) is 12.4. The Balaban J connectivity index is 1.77. The van der Waals surface area contributed by atoms with Gasteiger partial charge in [-0.25, -0.2) is 0 Å². The second kappa shape index (κ2) is 6.20. The van der Waals surface area contributed by atoms with Crippen LogP contribution >= 0.6 is 0 Å². The first-order valence-corrected chi connectivity index (χ1v) is 10.9. The molecule has 1 saturated carbocycles. The van der Waals surface area contributed by atoms with E-state index in [1.165, 1.54) is 17.2 Å². The van der Waals surface area contributed by atoms with Crippen molar-refractivity contribution in [1.29, 1.82) is 0 Å². The maximum Gasteiger partial charge on any atom is 0.0775 e. The number of hydrogen-bond donors (Lipinski definition) is 2. The van der Waals surface area contributed by atoms with Gasteiger partial charge in [-0.15, -0.1) is 0 Å². The monoisotopic (exact) mass is 277 g/mol. The van der Waals surface area contributed by atoms with Gasteiger partial charge in [-0.3, -0.25) is 0 Å². The SMILES string of the molecule is C[Si](C)(C)c1ccc(CNCC2CCC(O)C2)cc1. The fourth-order valence-electron chi connectivity index (χ4n) is 2.78. The molecule has 2 unspecified atom stereocenters. The van der Waals surface area contributed by atoms with Gasteiger partial charge in [0.2, 0.25) is 0 Å². The number of hydrogen-bond acceptors (Lipinski definition) is 2. The molecular formula is C16H27NOSi. The average Bonchev–Trinajstić information content (AvgIpc) is 2.75. The van der Waals surface area contributed by atoms with Crippen molar-refractivity contribution in [3.8, 4) is 0 Å². The molecule has 1 aliphatic carbocycles. The van der Waals surface area contributed by atoms with Crippen LogP contribution in [0.25, 0.3) is 0 Å². The zero-order chi connectivity index (χ0) is 13.9. The topological polar surface area (TPSA) is 32.3 Å². The lowest BCUT2D eigenvalue weighted by Crippen LogP contribution is -2.37. The molecule has 19 heavy (non-hydrogen) atoms. The third-order valence-corrected chi connectivity index (χ3v) is 6.16. The van der Waals surface area contributed by atoms with E-state index in [1.54, 1.807) is 0 Å². The molecule has 1 aromatic carbocycles. The summed E-state index contributed by atoms with van der Waals surface area (Å²) in [6.07, 6.45) is 3.07. The van der Waals surface area contributed by atoms with Crippen molar-refractivity contribution in [2.24, 2.45) is 5.92 Å². The molecule has 2 nitrogen and oxygen atoms in total. The summed E-state index contributed by atoms with van der Waals surface area (Å²) in [5.41, 5.74) is 1.36. The van der Waals surface area contributed by atoms with E-state index < -0.39 is 8.07 Å². The first-order valence-electron chi connectivity index (χ1n) is 7.43. The van der Waals surface area contributed by atoms with Crippen LogP contribution in [0.2, 0.25) is 19.6 Å². The molecule has 0 heterocycles. The highest BCUT2D eigenvalue weighted by atomic mass is 28.3. The van der Waals surface area contributed by atoms with E-state index in [0.29, 0.717) is 5.92 Å². The van der Waals surface area contributed by atoms with Gasteiger partial charge in [-0.05, 0) is 37.3 Å². The maximum atomic E-state index is 9.50. The lowest BCUT2D eigenvalue weighted by Gasteiger charge is -2.17. The van der Waals surface area contributed by atoms with Crippen LogP contribution in [0.4, 0.5) is 0 Å². The zero-order valence-corrected chi connectivity index (χ0v) is 13.4. The third-order valence-electron chi connectivity index (χ3n) is 4.10. The van der Waals surface area contributed by atoms with Gasteiger partial charge in [0.05, 0.1) is 14.2 Å². The van der Waals surface area contributed by atoms with Crippen molar-refractivity contribution < 1.29 is 5.11 Å². The number of rotatable bonds is 5. The Morgan fingerprint density at radius 3 is 2.37 bits per heavy atom. The van der Waals surface area contributed by atoms with Gasteiger partial charge in [-0.2, -0.15) is 0 Å². The average molecular weight is 277 g/mol. The van der Waals surface area contributed by atoms with Crippen molar-refractivity contribution in [2.75, 3.05) is 6.54 Å². The Kier molecular flexibility index (Phi) is 4.82. The summed E-state index contributed by atoms with van der Waals surface area (Å²) in [5.74, 6) is 0.663. The van der Waals surface area contributed by atoms with E-state index in [4.69, 9.17) is 0 Å². The summed E-state index contributed by atoms with van der Waals surface area (Å²) in [4.78, 5) is 0. The van der Waals surface area contributed by atoms with Crippen molar-refractivity contribution in [2.45, 2.75) is 51.6 Å². The lowest BCUT2D eigenvalue weighted by atomic mass is 10.1. The molecule has 0 spiro atoms. The minimum Gasteiger partial charge on any atom is -0.393 e. The van der Waals surface area contributed by atoms with Crippen LogP contribution in [-0.4, -0.2) is 25.8 Å². The summed E-state index contributed by atoms with van der Waals surface area (Å²) in [7, 11) is -1.16. The van der Waals surface area contributed by atoms with Crippen molar-refractivity contribution in [3.05, 3.63) is 29.8 Å². The molecule has 0 radical (unpaired) electrons.